The largest absolute Gasteiger partial charge is 1.00 e. The molecule has 0 atom stereocenters. The first kappa shape index (κ1) is 17.8. The molecule has 0 fully saturated rings. The minimum Gasteiger partial charge on any atom is -0.693 e. The quantitative estimate of drug-likeness (QED) is 0.247. The summed E-state index contributed by atoms with van der Waals surface area (Å²) in [6.45, 7) is 3.76. The molecule has 3 heteroatoms. The monoisotopic (exact) mass is 67.1 g/mol. The first-order chi connectivity index (χ1) is 1.41. The zero-order valence-electron chi connectivity index (χ0n) is 3.57. The Balaban J connectivity index is -0.0000000200. The van der Waals surface area contributed by atoms with Crippen LogP contribution in [0.2, 0.25) is 0 Å². The Morgan fingerprint density at radius 1 is 1.60 bits per heavy atom. The van der Waals surface area contributed by atoms with Crippen molar-refractivity contribution in [2.45, 2.75) is 0 Å². The predicted octanol–water partition coefficient (Wildman–Crippen LogP) is -2.50. The molecule has 5 heavy (non-hydrogen) atoms. The molecular weight excluding hydrogens is 59.0 g/mol. The summed E-state index contributed by atoms with van der Waals surface area (Å²) < 4.78 is 0. The molecule has 0 saturated carbocycles. The molecular formula is C2H8LiN2-. The van der Waals surface area contributed by atoms with E-state index in [-0.39, 0.29) is 25.0 Å². The fourth-order valence-electron chi connectivity index (χ4n) is 0. The standard InChI is InChI=1S/C2H6N.Li.H2N/c1-2-3;;/h1-3H2;;1H2/q-1;+1;-1. The van der Waals surface area contributed by atoms with Gasteiger partial charge in [-0.05, 0) is 0 Å². The molecule has 0 heterocycles. The summed E-state index contributed by atoms with van der Waals surface area (Å²) in [6.07, 6.45) is 0. The number of nitrogens with two attached hydrogens (primary N) is 2. The molecule has 0 spiro atoms. The van der Waals surface area contributed by atoms with Crippen LogP contribution in [0.15, 0.2) is 0 Å². The first-order valence-corrected chi connectivity index (χ1v) is 0.908. The number of rotatable bonds is 0. The van der Waals surface area contributed by atoms with Gasteiger partial charge < -0.3 is 18.8 Å². The SMILES string of the molecule is [CH2-]CN.[Li+].[NH2-]. The van der Waals surface area contributed by atoms with Gasteiger partial charge in [-0.25, -0.2) is 0 Å². The summed E-state index contributed by atoms with van der Waals surface area (Å²) in [5.74, 6) is 0. The summed E-state index contributed by atoms with van der Waals surface area (Å²) in [5.41, 5.74) is 4.74. The molecule has 0 aromatic carbocycles. The van der Waals surface area contributed by atoms with Crippen LogP contribution in [-0.4, -0.2) is 6.54 Å². The molecule has 2 nitrogen and oxygen atoms in total. The van der Waals surface area contributed by atoms with Gasteiger partial charge in [-0.3, -0.25) is 0 Å². The van der Waals surface area contributed by atoms with Crippen LogP contribution in [0.5, 0.6) is 0 Å². The maximum atomic E-state index is 4.74. The van der Waals surface area contributed by atoms with E-state index in [4.69, 9.17) is 5.73 Å². The van der Waals surface area contributed by atoms with Crippen LogP contribution in [0.25, 0.3) is 6.15 Å². The van der Waals surface area contributed by atoms with E-state index in [0.29, 0.717) is 6.54 Å². The average molecular weight is 67.0 g/mol. The molecule has 0 rings (SSSR count). The maximum absolute atomic E-state index is 4.74. The van der Waals surface area contributed by atoms with Crippen molar-refractivity contribution in [2.75, 3.05) is 6.54 Å². The van der Waals surface area contributed by atoms with Gasteiger partial charge in [0.05, 0.1) is 0 Å². The third-order valence-corrected chi connectivity index (χ3v) is 0. The second-order valence-electron chi connectivity index (χ2n) is 0.289. The molecule has 0 bridgehead atoms. The number of hydrogen-bond acceptors (Lipinski definition) is 1. The Morgan fingerprint density at radius 2 is 1.60 bits per heavy atom. The Hall–Kier alpha value is 0.517. The van der Waals surface area contributed by atoms with Gasteiger partial charge in [0.25, 0.3) is 0 Å². The summed E-state index contributed by atoms with van der Waals surface area (Å²) in [5, 5.41) is 0. The Morgan fingerprint density at radius 3 is 1.60 bits per heavy atom. The van der Waals surface area contributed by atoms with Crippen LogP contribution >= 0.6 is 0 Å². The third kappa shape index (κ3) is 107. The van der Waals surface area contributed by atoms with Crippen LogP contribution in [-0.2, 0) is 0 Å². The van der Waals surface area contributed by atoms with E-state index in [1.807, 2.05) is 0 Å². The molecule has 0 saturated heterocycles. The molecule has 0 radical (unpaired) electrons. The van der Waals surface area contributed by atoms with Crippen molar-refractivity contribution in [2.24, 2.45) is 5.73 Å². The Kier molecular flexibility index (Phi) is 86.3. The van der Waals surface area contributed by atoms with Crippen molar-refractivity contribution in [3.63, 3.8) is 0 Å². The van der Waals surface area contributed by atoms with Crippen LogP contribution in [0.3, 0.4) is 0 Å². The first-order valence-electron chi connectivity index (χ1n) is 0.908. The summed E-state index contributed by atoms with van der Waals surface area (Å²) in [7, 11) is 0. The summed E-state index contributed by atoms with van der Waals surface area (Å²) in [6, 6.07) is 0. The van der Waals surface area contributed by atoms with Crippen molar-refractivity contribution in [1.29, 1.82) is 0 Å². The third-order valence-electron chi connectivity index (χ3n) is 0. The molecule has 0 aliphatic carbocycles. The average Bonchev–Trinajstić information content (AvgIpc) is 0.918. The molecule has 0 aromatic heterocycles. The fourth-order valence-corrected chi connectivity index (χ4v) is 0. The van der Waals surface area contributed by atoms with Gasteiger partial charge in [0.2, 0.25) is 0 Å². The molecule has 0 amide bonds. The van der Waals surface area contributed by atoms with Gasteiger partial charge in [-0.2, -0.15) is 0 Å². The van der Waals surface area contributed by atoms with Gasteiger partial charge >= 0.3 is 18.9 Å². The molecule has 0 aliphatic rings. The second kappa shape index (κ2) is 24.3. The second-order valence-corrected chi connectivity index (χ2v) is 0.289. The Labute approximate surface area is 44.9 Å². The molecule has 0 unspecified atom stereocenters. The smallest absolute Gasteiger partial charge is 0.693 e. The van der Waals surface area contributed by atoms with Crippen molar-refractivity contribution >= 4 is 0 Å². The molecule has 0 aliphatic heterocycles. The van der Waals surface area contributed by atoms with E-state index in [1.54, 1.807) is 0 Å². The fraction of sp³-hybridized carbons (Fsp3) is 0.500. The molecule has 4 N–H and O–H groups in total. The maximum Gasteiger partial charge on any atom is 1.00 e. The van der Waals surface area contributed by atoms with E-state index in [9.17, 15) is 0 Å². The minimum absolute atomic E-state index is 0. The van der Waals surface area contributed by atoms with Gasteiger partial charge in [0, 0.05) is 0 Å². The van der Waals surface area contributed by atoms with Gasteiger partial charge in [-0.1, -0.05) is 0 Å². The summed E-state index contributed by atoms with van der Waals surface area (Å²) >= 11 is 0. The molecule has 28 valence electrons. The summed E-state index contributed by atoms with van der Waals surface area (Å²) in [4.78, 5) is 0. The van der Waals surface area contributed by atoms with Gasteiger partial charge in [0.15, 0.2) is 0 Å². The van der Waals surface area contributed by atoms with Crippen molar-refractivity contribution < 1.29 is 18.9 Å². The number of hydrogen-bond donors (Lipinski definition) is 1. The van der Waals surface area contributed by atoms with Crippen LogP contribution in [0.1, 0.15) is 0 Å². The van der Waals surface area contributed by atoms with Crippen molar-refractivity contribution in [3.05, 3.63) is 13.1 Å². The van der Waals surface area contributed by atoms with E-state index in [2.05, 4.69) is 6.92 Å². The topological polar surface area (TPSA) is 59.5 Å². The van der Waals surface area contributed by atoms with E-state index >= 15 is 0 Å². The zero-order valence-corrected chi connectivity index (χ0v) is 3.57. The van der Waals surface area contributed by atoms with Crippen molar-refractivity contribution in [3.8, 4) is 0 Å². The van der Waals surface area contributed by atoms with E-state index in [1.165, 1.54) is 0 Å². The normalized spacial score (nSPS) is 3.60. The predicted molar refractivity (Wildman–Crippen MR) is 19.7 cm³/mol. The van der Waals surface area contributed by atoms with Gasteiger partial charge in [-0.15, -0.1) is 6.54 Å². The van der Waals surface area contributed by atoms with Crippen LogP contribution < -0.4 is 24.6 Å². The van der Waals surface area contributed by atoms with Crippen molar-refractivity contribution in [1.82, 2.24) is 0 Å². The zero-order chi connectivity index (χ0) is 2.71. The van der Waals surface area contributed by atoms with Gasteiger partial charge in [0.1, 0.15) is 0 Å². The van der Waals surface area contributed by atoms with Crippen LogP contribution in [0.4, 0.5) is 0 Å². The van der Waals surface area contributed by atoms with E-state index < -0.39 is 0 Å². The molecule has 0 aromatic rings. The van der Waals surface area contributed by atoms with Crippen LogP contribution in [0, 0.1) is 6.92 Å². The Bertz CT molecular complexity index is 7.61. The van der Waals surface area contributed by atoms with E-state index in [0.717, 1.165) is 0 Å². The minimum atomic E-state index is 0.